The molecule has 0 aliphatic heterocycles. The molecular weight excluding hydrogens is 524 g/mol. The van der Waals surface area contributed by atoms with E-state index in [0.29, 0.717) is 27.2 Å². The normalized spacial score (nSPS) is 10.8. The van der Waals surface area contributed by atoms with Gasteiger partial charge in [-0.3, -0.25) is 14.9 Å². The number of hydrogen-bond acceptors (Lipinski definition) is 6. The number of aromatic nitrogens is 1. The van der Waals surface area contributed by atoms with E-state index in [2.05, 4.69) is 15.9 Å². The summed E-state index contributed by atoms with van der Waals surface area (Å²) in [5, 5.41) is 12.0. The topological polar surface area (TPSA) is 99.4 Å². The zero-order valence-corrected chi connectivity index (χ0v) is 20.1. The first kappa shape index (κ1) is 23.5. The molecule has 0 radical (unpaired) electrons. The average molecular weight is 540 g/mol. The van der Waals surface area contributed by atoms with Crippen LogP contribution >= 0.6 is 27.5 Å². The van der Waals surface area contributed by atoms with Gasteiger partial charge in [0.25, 0.3) is 5.69 Å². The molecule has 4 aromatic rings. The number of Topliss-reactive ketones (excluding diaryl/α,β-unsaturated/α-hetero) is 1. The van der Waals surface area contributed by atoms with Crippen molar-refractivity contribution in [1.29, 1.82) is 0 Å². The van der Waals surface area contributed by atoms with Gasteiger partial charge in [0.2, 0.25) is 5.78 Å². The molecular formula is C25H16BrClN2O5. The molecule has 0 saturated heterocycles. The first-order chi connectivity index (χ1) is 16.2. The van der Waals surface area contributed by atoms with Crippen LogP contribution in [0.2, 0.25) is 5.02 Å². The molecule has 0 N–H and O–H groups in total. The third-order valence-electron chi connectivity index (χ3n) is 5.24. The van der Waals surface area contributed by atoms with Crippen molar-refractivity contribution in [3.05, 3.63) is 103 Å². The van der Waals surface area contributed by atoms with Gasteiger partial charge in [-0.25, -0.2) is 9.78 Å². The second-order valence-corrected chi connectivity index (χ2v) is 8.76. The number of nitro benzene ring substituents is 1. The summed E-state index contributed by atoms with van der Waals surface area (Å²) >= 11 is 9.69. The summed E-state index contributed by atoms with van der Waals surface area (Å²) in [6, 6.07) is 17.7. The molecule has 0 aliphatic carbocycles. The molecule has 0 bridgehead atoms. The number of carbonyl (C=O) groups excluding carboxylic acids is 2. The Hall–Kier alpha value is -3.62. The minimum Gasteiger partial charge on any atom is -0.454 e. The Kier molecular flexibility index (Phi) is 6.72. The quantitative estimate of drug-likeness (QED) is 0.119. The number of ether oxygens (including phenoxy) is 1. The number of fused-ring (bicyclic) bond motifs is 1. The van der Waals surface area contributed by atoms with Gasteiger partial charge in [0, 0.05) is 38.1 Å². The molecule has 34 heavy (non-hydrogen) atoms. The minimum absolute atomic E-state index is 0.0831. The summed E-state index contributed by atoms with van der Waals surface area (Å²) in [5.41, 5.74) is 2.68. The number of ketones is 1. The number of non-ortho nitro benzene ring substituents is 1. The number of hydrogen-bond donors (Lipinski definition) is 0. The Bertz CT molecular complexity index is 1450. The fourth-order valence-corrected chi connectivity index (χ4v) is 3.84. The van der Waals surface area contributed by atoms with Gasteiger partial charge in [-0.05, 0) is 36.8 Å². The number of benzene rings is 3. The number of halogens is 2. The van der Waals surface area contributed by atoms with E-state index in [1.807, 2.05) is 31.2 Å². The molecule has 0 atom stereocenters. The predicted octanol–water partition coefficient (Wildman–Crippen LogP) is 6.57. The van der Waals surface area contributed by atoms with Gasteiger partial charge in [0.15, 0.2) is 6.61 Å². The first-order valence-corrected chi connectivity index (χ1v) is 11.2. The molecule has 0 aliphatic rings. The maximum atomic E-state index is 13.1. The summed E-state index contributed by atoms with van der Waals surface area (Å²) in [6.07, 6.45) is 0. The van der Waals surface area contributed by atoms with Gasteiger partial charge >= 0.3 is 5.97 Å². The van der Waals surface area contributed by atoms with Gasteiger partial charge in [-0.15, -0.1) is 0 Å². The van der Waals surface area contributed by atoms with Gasteiger partial charge in [-0.2, -0.15) is 0 Å². The average Bonchev–Trinajstić information content (AvgIpc) is 2.84. The molecule has 7 nitrogen and oxygen atoms in total. The number of nitro groups is 1. The van der Waals surface area contributed by atoms with Crippen LogP contribution in [-0.2, 0) is 4.74 Å². The number of carbonyl (C=O) groups is 2. The summed E-state index contributed by atoms with van der Waals surface area (Å²) in [6.45, 7) is 1.24. The van der Waals surface area contributed by atoms with Crippen LogP contribution in [0.25, 0.3) is 22.2 Å². The molecule has 9 heteroatoms. The summed E-state index contributed by atoms with van der Waals surface area (Å²) in [5.74, 6) is -1.27. The van der Waals surface area contributed by atoms with Crippen LogP contribution in [0.4, 0.5) is 5.69 Å². The van der Waals surface area contributed by atoms with Crippen LogP contribution in [-0.4, -0.2) is 28.3 Å². The molecule has 170 valence electrons. The Morgan fingerprint density at radius 3 is 2.53 bits per heavy atom. The lowest BCUT2D eigenvalue weighted by atomic mass is 10.0. The van der Waals surface area contributed by atoms with Gasteiger partial charge < -0.3 is 4.74 Å². The fourth-order valence-electron chi connectivity index (χ4n) is 3.43. The smallest absolute Gasteiger partial charge is 0.339 e. The third-order valence-corrected chi connectivity index (χ3v) is 6.18. The van der Waals surface area contributed by atoms with Crippen molar-refractivity contribution in [2.45, 2.75) is 6.92 Å². The van der Waals surface area contributed by atoms with Crippen molar-refractivity contribution in [3.8, 4) is 11.3 Å². The van der Waals surface area contributed by atoms with E-state index in [9.17, 15) is 19.7 Å². The largest absolute Gasteiger partial charge is 0.454 e. The molecule has 0 spiro atoms. The van der Waals surface area contributed by atoms with Crippen LogP contribution in [0.15, 0.2) is 71.2 Å². The lowest BCUT2D eigenvalue weighted by Gasteiger charge is -2.12. The predicted molar refractivity (Wildman–Crippen MR) is 132 cm³/mol. The van der Waals surface area contributed by atoms with E-state index in [4.69, 9.17) is 21.3 Å². The maximum Gasteiger partial charge on any atom is 0.339 e. The molecule has 3 aromatic carbocycles. The summed E-state index contributed by atoms with van der Waals surface area (Å²) in [7, 11) is 0. The lowest BCUT2D eigenvalue weighted by Crippen LogP contribution is -2.15. The van der Waals surface area contributed by atoms with Gasteiger partial charge in [0.1, 0.15) is 0 Å². The van der Waals surface area contributed by atoms with Crippen LogP contribution in [0.5, 0.6) is 0 Å². The number of aryl methyl sites for hydroxylation is 1. The summed E-state index contributed by atoms with van der Waals surface area (Å²) < 4.78 is 6.20. The van der Waals surface area contributed by atoms with Gasteiger partial charge in [-0.1, -0.05) is 57.9 Å². The Morgan fingerprint density at radius 2 is 1.82 bits per heavy atom. The Morgan fingerprint density at radius 1 is 1.09 bits per heavy atom. The van der Waals surface area contributed by atoms with Crippen molar-refractivity contribution < 1.29 is 19.2 Å². The number of pyridine rings is 1. The number of rotatable bonds is 6. The zero-order valence-electron chi connectivity index (χ0n) is 17.7. The highest BCUT2D eigenvalue weighted by molar-refractivity contribution is 9.10. The van der Waals surface area contributed by atoms with Crippen molar-refractivity contribution in [2.75, 3.05) is 6.61 Å². The van der Waals surface area contributed by atoms with Crippen LogP contribution in [0, 0.1) is 17.0 Å². The van der Waals surface area contributed by atoms with Crippen molar-refractivity contribution >= 4 is 55.9 Å². The molecule has 1 aromatic heterocycles. The van der Waals surface area contributed by atoms with E-state index in [1.165, 1.54) is 18.2 Å². The highest BCUT2D eigenvalue weighted by atomic mass is 79.9. The van der Waals surface area contributed by atoms with Gasteiger partial charge in [0.05, 0.1) is 21.7 Å². The van der Waals surface area contributed by atoms with E-state index < -0.39 is 23.3 Å². The van der Waals surface area contributed by atoms with E-state index in [-0.39, 0.29) is 16.8 Å². The second-order valence-electron chi connectivity index (χ2n) is 7.44. The van der Waals surface area contributed by atoms with Crippen molar-refractivity contribution in [3.63, 3.8) is 0 Å². The second kappa shape index (κ2) is 9.70. The minimum atomic E-state index is -0.716. The SMILES string of the molecule is Cc1c(Cl)ccc2c(C(=O)OCC(=O)c3cccc([N+](=O)[O-])c3)cc(-c3ccc(Br)cc3)nc12. The first-order valence-electron chi connectivity index (χ1n) is 10.0. The molecule has 0 fully saturated rings. The van der Waals surface area contributed by atoms with Crippen molar-refractivity contribution in [1.82, 2.24) is 4.98 Å². The van der Waals surface area contributed by atoms with E-state index in [0.717, 1.165) is 16.1 Å². The van der Waals surface area contributed by atoms with Crippen LogP contribution < -0.4 is 0 Å². The fraction of sp³-hybridized carbons (Fsp3) is 0.0800. The maximum absolute atomic E-state index is 13.1. The Balaban J connectivity index is 1.68. The van der Waals surface area contributed by atoms with E-state index in [1.54, 1.807) is 18.2 Å². The molecule has 0 unspecified atom stereocenters. The Labute approximate surface area is 207 Å². The highest BCUT2D eigenvalue weighted by Gasteiger charge is 2.19. The monoisotopic (exact) mass is 538 g/mol. The standard InChI is InChI=1S/C25H16BrClN2O5/c1-14-21(27)10-9-19-20(12-22(28-24(14)19)15-5-7-17(26)8-6-15)25(31)34-13-23(30)16-3-2-4-18(11-16)29(32)33/h2-12H,13H2,1H3. The zero-order chi connectivity index (χ0) is 24.4. The van der Waals surface area contributed by atoms with E-state index >= 15 is 0 Å². The molecule has 1 heterocycles. The molecule has 0 amide bonds. The highest BCUT2D eigenvalue weighted by Crippen LogP contribution is 2.31. The van der Waals surface area contributed by atoms with Crippen LogP contribution in [0.3, 0.4) is 0 Å². The number of nitrogens with zero attached hydrogens (tertiary/aromatic N) is 2. The third kappa shape index (κ3) is 4.83. The summed E-state index contributed by atoms with van der Waals surface area (Å²) in [4.78, 5) is 40.6. The van der Waals surface area contributed by atoms with Crippen molar-refractivity contribution in [2.24, 2.45) is 0 Å². The van der Waals surface area contributed by atoms with Crippen LogP contribution in [0.1, 0.15) is 26.3 Å². The number of esters is 1. The lowest BCUT2D eigenvalue weighted by molar-refractivity contribution is -0.384. The molecule has 4 rings (SSSR count). The molecule has 0 saturated carbocycles.